The van der Waals surface area contributed by atoms with Crippen LogP contribution in [-0.2, 0) is 0 Å². The minimum Gasteiger partial charge on any atom is -0.321 e. The van der Waals surface area contributed by atoms with Gasteiger partial charge >= 0.3 is 0 Å². The van der Waals surface area contributed by atoms with Crippen molar-refractivity contribution in [3.8, 4) is 0 Å². The molecule has 0 aliphatic heterocycles. The summed E-state index contributed by atoms with van der Waals surface area (Å²) >= 11 is 9.17. The van der Waals surface area contributed by atoms with Gasteiger partial charge in [0.1, 0.15) is 5.56 Å². The molecule has 0 saturated carbocycles. The average Bonchev–Trinajstić information content (AvgIpc) is 2.42. The van der Waals surface area contributed by atoms with E-state index in [0.29, 0.717) is 20.7 Å². The second-order valence-corrected chi connectivity index (χ2v) is 5.60. The molecule has 7 heteroatoms. The molecule has 108 valence electrons. The lowest BCUT2D eigenvalue weighted by Gasteiger charge is -2.10. The van der Waals surface area contributed by atoms with E-state index >= 15 is 0 Å². The zero-order chi connectivity index (χ0) is 15.6. The van der Waals surface area contributed by atoms with Crippen molar-refractivity contribution in [2.75, 3.05) is 5.32 Å². The maximum absolute atomic E-state index is 12.3. The number of hydrogen-bond donors (Lipinski definition) is 1. The van der Waals surface area contributed by atoms with Crippen LogP contribution in [0, 0.1) is 17.0 Å². The van der Waals surface area contributed by atoms with Gasteiger partial charge in [-0.15, -0.1) is 0 Å². The molecule has 2 aromatic carbocycles. The number of aryl methyl sites for hydroxylation is 1. The Bertz CT molecular complexity index is 734. The number of carbonyl (C=O) groups excluding carboxylic acids is 1. The van der Waals surface area contributed by atoms with Crippen LogP contribution >= 0.6 is 27.5 Å². The van der Waals surface area contributed by atoms with Gasteiger partial charge in [-0.2, -0.15) is 0 Å². The molecule has 0 aliphatic carbocycles. The van der Waals surface area contributed by atoms with Crippen LogP contribution in [0.2, 0.25) is 5.02 Å². The Kier molecular flexibility index (Phi) is 4.59. The van der Waals surface area contributed by atoms with E-state index in [-0.39, 0.29) is 11.3 Å². The third-order valence-corrected chi connectivity index (χ3v) is 3.78. The minimum atomic E-state index is -0.574. The van der Waals surface area contributed by atoms with Crippen LogP contribution < -0.4 is 5.32 Å². The lowest BCUT2D eigenvalue weighted by molar-refractivity contribution is -0.385. The molecule has 2 rings (SSSR count). The van der Waals surface area contributed by atoms with E-state index in [0.717, 1.165) is 0 Å². The van der Waals surface area contributed by atoms with E-state index in [2.05, 4.69) is 21.2 Å². The average molecular weight is 370 g/mol. The summed E-state index contributed by atoms with van der Waals surface area (Å²) < 4.78 is 0.636. The second kappa shape index (κ2) is 6.24. The zero-order valence-corrected chi connectivity index (χ0v) is 13.2. The molecule has 5 nitrogen and oxygen atoms in total. The van der Waals surface area contributed by atoms with Gasteiger partial charge in [-0.05, 0) is 46.6 Å². The summed E-state index contributed by atoms with van der Waals surface area (Å²) in [6.45, 7) is 1.65. The second-order valence-electron chi connectivity index (χ2n) is 4.30. The van der Waals surface area contributed by atoms with Gasteiger partial charge in [0.2, 0.25) is 0 Å². The maximum atomic E-state index is 12.3. The summed E-state index contributed by atoms with van der Waals surface area (Å²) in [6.07, 6.45) is 0. The van der Waals surface area contributed by atoms with Crippen molar-refractivity contribution in [2.45, 2.75) is 6.92 Å². The Hall–Kier alpha value is -1.92. The van der Waals surface area contributed by atoms with E-state index in [9.17, 15) is 14.9 Å². The fourth-order valence-corrected chi connectivity index (χ4v) is 2.40. The molecule has 0 fully saturated rings. The quantitative estimate of drug-likeness (QED) is 0.636. The number of nitro benzene ring substituents is 1. The lowest BCUT2D eigenvalue weighted by Crippen LogP contribution is -2.15. The Balaban J connectivity index is 2.42. The van der Waals surface area contributed by atoms with Crippen LogP contribution in [0.25, 0.3) is 0 Å². The van der Waals surface area contributed by atoms with Crippen molar-refractivity contribution in [1.82, 2.24) is 0 Å². The molecule has 1 N–H and O–H groups in total. The number of nitrogens with zero attached hydrogens (tertiary/aromatic N) is 1. The monoisotopic (exact) mass is 368 g/mol. The highest BCUT2D eigenvalue weighted by Gasteiger charge is 2.22. The number of benzene rings is 2. The number of rotatable bonds is 3. The molecule has 0 spiro atoms. The number of carbonyl (C=O) groups is 1. The highest BCUT2D eigenvalue weighted by molar-refractivity contribution is 9.10. The smallest absolute Gasteiger partial charge is 0.282 e. The Labute approximate surface area is 134 Å². The number of hydrogen-bond acceptors (Lipinski definition) is 3. The van der Waals surface area contributed by atoms with Gasteiger partial charge in [0.05, 0.1) is 10.6 Å². The van der Waals surface area contributed by atoms with E-state index < -0.39 is 10.8 Å². The first kappa shape index (κ1) is 15.5. The summed E-state index contributed by atoms with van der Waals surface area (Å²) in [5.41, 5.74) is 0.782. The number of nitrogens with one attached hydrogen (secondary N) is 1. The van der Waals surface area contributed by atoms with E-state index in [1.807, 2.05) is 0 Å². The molecule has 0 atom stereocenters. The summed E-state index contributed by atoms with van der Waals surface area (Å²) in [5, 5.41) is 14.1. The predicted molar refractivity (Wildman–Crippen MR) is 84.9 cm³/mol. The molecule has 0 saturated heterocycles. The molecule has 1 amide bonds. The molecule has 0 aliphatic rings. The maximum Gasteiger partial charge on any atom is 0.282 e. The van der Waals surface area contributed by atoms with Gasteiger partial charge in [0.25, 0.3) is 11.6 Å². The summed E-state index contributed by atoms with van der Waals surface area (Å²) in [5.74, 6) is -0.553. The highest BCUT2D eigenvalue weighted by atomic mass is 79.9. The van der Waals surface area contributed by atoms with Crippen LogP contribution in [0.3, 0.4) is 0 Å². The van der Waals surface area contributed by atoms with Crippen molar-refractivity contribution in [3.05, 3.63) is 67.1 Å². The summed E-state index contributed by atoms with van der Waals surface area (Å²) in [7, 11) is 0. The van der Waals surface area contributed by atoms with Crippen LogP contribution in [0.4, 0.5) is 11.4 Å². The van der Waals surface area contributed by atoms with Gasteiger partial charge < -0.3 is 5.32 Å². The van der Waals surface area contributed by atoms with Crippen molar-refractivity contribution in [2.24, 2.45) is 0 Å². The van der Waals surface area contributed by atoms with E-state index in [1.54, 1.807) is 37.3 Å². The third-order valence-electron chi connectivity index (χ3n) is 2.85. The largest absolute Gasteiger partial charge is 0.321 e. The van der Waals surface area contributed by atoms with Gasteiger partial charge in [-0.3, -0.25) is 14.9 Å². The predicted octanol–water partition coefficient (Wildman–Crippen LogP) is 4.57. The summed E-state index contributed by atoms with van der Waals surface area (Å²) in [6, 6.07) is 9.40. The highest BCUT2D eigenvalue weighted by Crippen LogP contribution is 2.28. The number of anilines is 1. The SMILES string of the molecule is Cc1cccc([N+](=O)[O-])c1C(=O)Nc1cc(Cl)ccc1Br. The number of amides is 1. The summed E-state index contributed by atoms with van der Waals surface area (Å²) in [4.78, 5) is 22.8. The first-order valence-corrected chi connectivity index (χ1v) is 7.07. The first-order valence-electron chi connectivity index (χ1n) is 5.90. The van der Waals surface area contributed by atoms with E-state index in [1.165, 1.54) is 6.07 Å². The topological polar surface area (TPSA) is 72.2 Å². The molecule has 0 heterocycles. The van der Waals surface area contributed by atoms with Crippen molar-refractivity contribution >= 4 is 44.8 Å². The van der Waals surface area contributed by atoms with Crippen LogP contribution in [-0.4, -0.2) is 10.8 Å². The lowest BCUT2D eigenvalue weighted by atomic mass is 10.1. The van der Waals surface area contributed by atoms with Crippen molar-refractivity contribution < 1.29 is 9.72 Å². The Morgan fingerprint density at radius 2 is 2.05 bits per heavy atom. The molecule has 0 bridgehead atoms. The minimum absolute atomic E-state index is 0.0365. The van der Waals surface area contributed by atoms with Gasteiger partial charge in [0.15, 0.2) is 0 Å². The number of halogens is 2. The zero-order valence-electron chi connectivity index (χ0n) is 10.9. The molecular formula is C14H10BrClN2O3. The fraction of sp³-hybridized carbons (Fsp3) is 0.0714. The van der Waals surface area contributed by atoms with Gasteiger partial charge in [0, 0.05) is 15.6 Å². The van der Waals surface area contributed by atoms with E-state index in [4.69, 9.17) is 11.6 Å². The van der Waals surface area contributed by atoms with Crippen LogP contribution in [0.1, 0.15) is 15.9 Å². The first-order chi connectivity index (χ1) is 9.90. The molecule has 21 heavy (non-hydrogen) atoms. The third kappa shape index (κ3) is 3.40. The van der Waals surface area contributed by atoms with Crippen molar-refractivity contribution in [3.63, 3.8) is 0 Å². The molecular weight excluding hydrogens is 360 g/mol. The van der Waals surface area contributed by atoms with Crippen LogP contribution in [0.15, 0.2) is 40.9 Å². The fourth-order valence-electron chi connectivity index (χ4n) is 1.88. The van der Waals surface area contributed by atoms with Crippen LogP contribution in [0.5, 0.6) is 0 Å². The molecule has 0 aromatic heterocycles. The van der Waals surface area contributed by atoms with Gasteiger partial charge in [-0.1, -0.05) is 23.7 Å². The molecule has 0 unspecified atom stereocenters. The number of nitro groups is 1. The Morgan fingerprint density at radius 3 is 2.71 bits per heavy atom. The normalized spacial score (nSPS) is 10.2. The van der Waals surface area contributed by atoms with Crippen molar-refractivity contribution in [1.29, 1.82) is 0 Å². The Morgan fingerprint density at radius 1 is 1.33 bits per heavy atom. The molecule has 0 radical (unpaired) electrons. The standard InChI is InChI=1S/C14H10BrClN2O3/c1-8-3-2-4-12(18(20)21)13(8)14(19)17-11-7-9(16)5-6-10(11)15/h2-7H,1H3,(H,17,19). The molecule has 2 aromatic rings. The van der Waals surface area contributed by atoms with Gasteiger partial charge in [-0.25, -0.2) is 0 Å².